The Balaban J connectivity index is 1.38. The highest BCUT2D eigenvalue weighted by molar-refractivity contribution is 7.93. The summed E-state index contributed by atoms with van der Waals surface area (Å²) in [7, 11) is -3.75. The number of fused-ring (bicyclic) bond motifs is 1. The molecule has 0 saturated carbocycles. The van der Waals surface area contributed by atoms with Gasteiger partial charge in [-0.3, -0.25) is 4.72 Å². The van der Waals surface area contributed by atoms with Gasteiger partial charge in [0.2, 0.25) is 5.89 Å². The van der Waals surface area contributed by atoms with E-state index in [1.54, 1.807) is 18.3 Å². The Kier molecular flexibility index (Phi) is 4.57. The van der Waals surface area contributed by atoms with E-state index < -0.39 is 10.0 Å². The molecule has 30 heavy (non-hydrogen) atoms. The molecule has 0 aliphatic carbocycles. The summed E-state index contributed by atoms with van der Waals surface area (Å²) in [5, 5.41) is 0.334. The molecule has 5 aromatic rings. The highest BCUT2D eigenvalue weighted by atomic mass is 32.2. The van der Waals surface area contributed by atoms with E-state index in [-0.39, 0.29) is 4.90 Å². The monoisotopic (exact) mass is 433 g/mol. The molecular weight excluding hydrogens is 418 g/mol. The molecule has 2 aromatic heterocycles. The minimum atomic E-state index is -3.75. The van der Waals surface area contributed by atoms with Crippen LogP contribution in [-0.4, -0.2) is 18.4 Å². The molecule has 0 atom stereocenters. The number of sulfonamides is 1. The lowest BCUT2D eigenvalue weighted by molar-refractivity contribution is 0.588. The van der Waals surface area contributed by atoms with Crippen LogP contribution in [0.15, 0.2) is 94.4 Å². The number of hydrogen-bond acceptors (Lipinski definition) is 6. The van der Waals surface area contributed by atoms with Crippen LogP contribution in [0.4, 0.5) is 5.13 Å². The van der Waals surface area contributed by atoms with Crippen molar-refractivity contribution in [1.82, 2.24) is 9.97 Å². The number of anilines is 1. The molecule has 0 saturated heterocycles. The fourth-order valence-electron chi connectivity index (χ4n) is 3.01. The number of nitrogens with zero attached hydrogens (tertiary/aromatic N) is 2. The summed E-state index contributed by atoms with van der Waals surface area (Å²) in [6, 6.07) is 23.6. The highest BCUT2D eigenvalue weighted by Gasteiger charge is 2.17. The van der Waals surface area contributed by atoms with E-state index in [0.29, 0.717) is 22.3 Å². The molecule has 6 nitrogen and oxygen atoms in total. The molecule has 148 valence electrons. The second-order valence-corrected chi connectivity index (χ2v) is 9.23. The number of rotatable bonds is 5. The first kappa shape index (κ1) is 18.5. The van der Waals surface area contributed by atoms with Crippen LogP contribution < -0.4 is 4.72 Å². The third-order valence-electron chi connectivity index (χ3n) is 4.49. The van der Waals surface area contributed by atoms with Crippen LogP contribution >= 0.6 is 11.3 Å². The van der Waals surface area contributed by atoms with Crippen molar-refractivity contribution in [3.8, 4) is 22.8 Å². The van der Waals surface area contributed by atoms with Crippen LogP contribution in [0.2, 0.25) is 0 Å². The van der Waals surface area contributed by atoms with Gasteiger partial charge < -0.3 is 4.42 Å². The molecule has 0 fully saturated rings. The lowest BCUT2D eigenvalue weighted by atomic mass is 10.2. The normalized spacial score (nSPS) is 11.6. The third kappa shape index (κ3) is 3.58. The van der Waals surface area contributed by atoms with Crippen LogP contribution in [-0.2, 0) is 10.0 Å². The standard InChI is InChI=1S/C22H15N3O3S2/c26-30(27,25-22-24-18-8-4-5-9-20(18)29-22)17-12-10-16(11-13-17)21-23-14-19(28-21)15-6-2-1-3-7-15/h1-14H,(H,24,25). The number of nitrogens with one attached hydrogen (secondary N) is 1. The summed E-state index contributed by atoms with van der Waals surface area (Å²) in [6.45, 7) is 0. The Morgan fingerprint density at radius 1 is 0.833 bits per heavy atom. The molecule has 1 N–H and O–H groups in total. The Morgan fingerprint density at radius 2 is 1.57 bits per heavy atom. The van der Waals surface area contributed by atoms with Crippen molar-refractivity contribution >= 4 is 36.7 Å². The number of para-hydroxylation sites is 1. The van der Waals surface area contributed by atoms with Crippen molar-refractivity contribution in [3.63, 3.8) is 0 Å². The zero-order valence-corrected chi connectivity index (χ0v) is 17.2. The molecule has 0 aliphatic heterocycles. The predicted molar refractivity (Wildman–Crippen MR) is 118 cm³/mol. The summed E-state index contributed by atoms with van der Waals surface area (Å²) in [6.07, 6.45) is 1.66. The first-order valence-corrected chi connectivity index (χ1v) is 11.4. The number of hydrogen-bond donors (Lipinski definition) is 1. The predicted octanol–water partition coefficient (Wildman–Crippen LogP) is 5.42. The molecule has 0 bridgehead atoms. The molecule has 0 radical (unpaired) electrons. The molecule has 0 amide bonds. The molecule has 5 rings (SSSR count). The Morgan fingerprint density at radius 3 is 2.33 bits per heavy atom. The van der Waals surface area contributed by atoms with Crippen LogP contribution in [0.25, 0.3) is 33.0 Å². The summed E-state index contributed by atoms with van der Waals surface area (Å²) >= 11 is 1.29. The lowest BCUT2D eigenvalue weighted by Crippen LogP contribution is -2.12. The lowest BCUT2D eigenvalue weighted by Gasteiger charge is -2.05. The fourth-order valence-corrected chi connectivity index (χ4v) is 5.11. The van der Waals surface area contributed by atoms with Gasteiger partial charge in [0.1, 0.15) is 0 Å². The first-order valence-electron chi connectivity index (χ1n) is 9.09. The van der Waals surface area contributed by atoms with Crippen molar-refractivity contribution in [1.29, 1.82) is 0 Å². The van der Waals surface area contributed by atoms with Crippen molar-refractivity contribution < 1.29 is 12.8 Å². The van der Waals surface area contributed by atoms with E-state index in [2.05, 4.69) is 14.7 Å². The Hall–Kier alpha value is -3.49. The van der Waals surface area contributed by atoms with Gasteiger partial charge in [-0.05, 0) is 36.4 Å². The minimum Gasteiger partial charge on any atom is -0.436 e. The second-order valence-electron chi connectivity index (χ2n) is 6.51. The van der Waals surface area contributed by atoms with E-state index in [9.17, 15) is 8.42 Å². The maximum Gasteiger partial charge on any atom is 0.263 e. The Bertz CT molecular complexity index is 1390. The third-order valence-corrected chi connectivity index (χ3v) is 6.93. The zero-order chi connectivity index (χ0) is 20.6. The topological polar surface area (TPSA) is 85.1 Å². The summed E-state index contributed by atoms with van der Waals surface area (Å²) in [5.74, 6) is 1.08. The molecule has 0 spiro atoms. The maximum atomic E-state index is 12.7. The van der Waals surface area contributed by atoms with Crippen LogP contribution in [0.5, 0.6) is 0 Å². The fraction of sp³-hybridized carbons (Fsp3) is 0. The number of aromatic nitrogens is 2. The summed E-state index contributed by atoms with van der Waals surface area (Å²) < 4.78 is 34.8. The molecule has 0 unspecified atom stereocenters. The average Bonchev–Trinajstić information content (AvgIpc) is 3.41. The quantitative estimate of drug-likeness (QED) is 0.400. The van der Waals surface area contributed by atoms with Crippen LogP contribution in [0.3, 0.4) is 0 Å². The van der Waals surface area contributed by atoms with Crippen LogP contribution in [0.1, 0.15) is 0 Å². The van der Waals surface area contributed by atoms with Gasteiger partial charge >= 0.3 is 0 Å². The van der Waals surface area contributed by atoms with Crippen molar-refractivity contribution in [2.75, 3.05) is 4.72 Å². The molecule has 0 aliphatic rings. The smallest absolute Gasteiger partial charge is 0.263 e. The SMILES string of the molecule is O=S(=O)(Nc1nc2ccccc2s1)c1ccc(-c2ncc(-c3ccccc3)o2)cc1. The van der Waals surface area contributed by atoms with Crippen molar-refractivity contribution in [2.24, 2.45) is 0 Å². The zero-order valence-electron chi connectivity index (χ0n) is 15.5. The molecular formula is C22H15N3O3S2. The van der Waals surface area contributed by atoms with E-state index in [4.69, 9.17) is 4.42 Å². The van der Waals surface area contributed by atoms with E-state index in [1.807, 2.05) is 54.6 Å². The van der Waals surface area contributed by atoms with Crippen molar-refractivity contribution in [2.45, 2.75) is 4.90 Å². The first-order chi connectivity index (χ1) is 14.6. The van der Waals surface area contributed by atoms with E-state index >= 15 is 0 Å². The van der Waals surface area contributed by atoms with E-state index in [0.717, 1.165) is 15.8 Å². The number of oxazole rings is 1. The van der Waals surface area contributed by atoms with E-state index in [1.165, 1.54) is 23.5 Å². The number of thiazole rings is 1. The molecule has 8 heteroatoms. The van der Waals surface area contributed by atoms with Gasteiger partial charge in [0.15, 0.2) is 10.9 Å². The van der Waals surface area contributed by atoms with Gasteiger partial charge in [0.05, 0.1) is 21.3 Å². The summed E-state index contributed by atoms with van der Waals surface area (Å²) in [4.78, 5) is 8.77. The van der Waals surface area contributed by atoms with Gasteiger partial charge in [-0.25, -0.2) is 18.4 Å². The second kappa shape index (κ2) is 7.40. The molecule has 2 heterocycles. The van der Waals surface area contributed by atoms with Gasteiger partial charge in [0.25, 0.3) is 10.0 Å². The largest absolute Gasteiger partial charge is 0.436 e. The highest BCUT2D eigenvalue weighted by Crippen LogP contribution is 2.29. The minimum absolute atomic E-state index is 0.139. The molecule has 3 aromatic carbocycles. The van der Waals surface area contributed by atoms with Gasteiger partial charge in [-0.2, -0.15) is 0 Å². The summed E-state index contributed by atoms with van der Waals surface area (Å²) in [5.41, 5.74) is 2.38. The Labute approximate surface area is 176 Å². The van der Waals surface area contributed by atoms with Gasteiger partial charge in [0, 0.05) is 11.1 Å². The van der Waals surface area contributed by atoms with Crippen LogP contribution in [0, 0.1) is 0 Å². The van der Waals surface area contributed by atoms with Crippen molar-refractivity contribution in [3.05, 3.63) is 85.1 Å². The maximum absolute atomic E-state index is 12.7. The van der Waals surface area contributed by atoms with Gasteiger partial charge in [-0.15, -0.1) is 0 Å². The average molecular weight is 434 g/mol. The van der Waals surface area contributed by atoms with Gasteiger partial charge in [-0.1, -0.05) is 53.8 Å². The number of benzene rings is 3.